The molecule has 0 aliphatic rings. The summed E-state index contributed by atoms with van der Waals surface area (Å²) in [6.45, 7) is 4.17. The molecule has 1 N–H and O–H groups in total. The molecule has 1 rings (SSSR count). The summed E-state index contributed by atoms with van der Waals surface area (Å²) in [5.41, 5.74) is 0.832. The van der Waals surface area contributed by atoms with Crippen LogP contribution in [0.2, 0.25) is 5.02 Å². The van der Waals surface area contributed by atoms with Crippen molar-refractivity contribution in [2.45, 2.75) is 32.3 Å². The molecule has 1 aromatic carbocycles. The number of rotatable bonds is 7. The lowest BCUT2D eigenvalue weighted by molar-refractivity contribution is 0.149. The Morgan fingerprint density at radius 1 is 1.29 bits per heavy atom. The van der Waals surface area contributed by atoms with Gasteiger partial charge >= 0.3 is 0 Å². The number of aliphatic hydroxyl groups is 1. The first kappa shape index (κ1) is 14.5. The van der Waals surface area contributed by atoms with E-state index >= 15 is 0 Å². The van der Waals surface area contributed by atoms with Gasteiger partial charge in [0.15, 0.2) is 0 Å². The van der Waals surface area contributed by atoms with Crippen LogP contribution in [0.3, 0.4) is 0 Å². The minimum atomic E-state index is -0.465. The number of hydrogen-bond donors (Lipinski definition) is 1. The lowest BCUT2D eigenvalue weighted by atomic mass is 10.1. The molecular formula is C14H22ClNO. The van der Waals surface area contributed by atoms with Gasteiger partial charge in [0, 0.05) is 11.6 Å². The minimum absolute atomic E-state index is 0.465. The first-order chi connectivity index (χ1) is 8.15. The Kier molecular flexibility index (Phi) is 6.56. The molecule has 1 unspecified atom stereocenters. The third-order valence-corrected chi connectivity index (χ3v) is 3.29. The van der Waals surface area contributed by atoms with E-state index in [1.54, 1.807) is 0 Å². The van der Waals surface area contributed by atoms with Gasteiger partial charge in [-0.3, -0.25) is 0 Å². The van der Waals surface area contributed by atoms with Crippen LogP contribution in [0.25, 0.3) is 0 Å². The third-order valence-electron chi connectivity index (χ3n) is 2.94. The van der Waals surface area contributed by atoms with Crippen LogP contribution in [0.1, 0.15) is 37.9 Å². The summed E-state index contributed by atoms with van der Waals surface area (Å²) >= 11 is 6.04. The topological polar surface area (TPSA) is 23.5 Å². The van der Waals surface area contributed by atoms with E-state index in [1.165, 1.54) is 12.8 Å². The van der Waals surface area contributed by atoms with Crippen molar-refractivity contribution in [3.63, 3.8) is 0 Å². The Bertz CT molecular complexity index is 330. The molecule has 1 aromatic rings. The van der Waals surface area contributed by atoms with Crippen LogP contribution in [0.15, 0.2) is 24.3 Å². The quantitative estimate of drug-likeness (QED) is 0.806. The Labute approximate surface area is 109 Å². The lowest BCUT2D eigenvalue weighted by Crippen LogP contribution is -2.22. The molecule has 0 bridgehead atoms. The van der Waals surface area contributed by atoms with E-state index in [0.29, 0.717) is 5.02 Å². The molecule has 1 atom stereocenters. The summed E-state index contributed by atoms with van der Waals surface area (Å²) in [7, 11) is 2.09. The zero-order valence-corrected chi connectivity index (χ0v) is 11.5. The van der Waals surface area contributed by atoms with Crippen molar-refractivity contribution in [2.75, 3.05) is 20.1 Å². The molecule has 96 valence electrons. The second-order valence-corrected chi connectivity index (χ2v) is 4.89. The zero-order valence-electron chi connectivity index (χ0n) is 10.7. The molecule has 0 saturated carbocycles. The van der Waals surface area contributed by atoms with Gasteiger partial charge in [-0.25, -0.2) is 0 Å². The fourth-order valence-electron chi connectivity index (χ4n) is 1.78. The SMILES string of the molecule is CCCCN(C)CCC(O)c1ccccc1Cl. The van der Waals surface area contributed by atoms with Gasteiger partial charge in [0.2, 0.25) is 0 Å². The second kappa shape index (κ2) is 7.70. The minimum Gasteiger partial charge on any atom is -0.388 e. The normalized spacial score (nSPS) is 13.0. The van der Waals surface area contributed by atoms with E-state index < -0.39 is 6.10 Å². The van der Waals surface area contributed by atoms with Gasteiger partial charge < -0.3 is 10.0 Å². The summed E-state index contributed by atoms with van der Waals surface area (Å²) in [6.07, 6.45) is 2.67. The van der Waals surface area contributed by atoms with Crippen LogP contribution in [0, 0.1) is 0 Å². The number of nitrogens with zero attached hydrogens (tertiary/aromatic N) is 1. The number of halogens is 1. The maximum Gasteiger partial charge on any atom is 0.0816 e. The first-order valence-electron chi connectivity index (χ1n) is 6.26. The van der Waals surface area contributed by atoms with E-state index in [-0.39, 0.29) is 0 Å². The molecule has 0 aliphatic carbocycles. The average molecular weight is 256 g/mol. The van der Waals surface area contributed by atoms with Crippen LogP contribution in [0.5, 0.6) is 0 Å². The molecule has 0 spiro atoms. The standard InChI is InChI=1S/C14H22ClNO/c1-3-4-10-16(2)11-9-14(17)12-7-5-6-8-13(12)15/h5-8,14,17H,3-4,9-11H2,1-2H3. The summed E-state index contributed by atoms with van der Waals surface area (Å²) in [5.74, 6) is 0. The van der Waals surface area contributed by atoms with Gasteiger partial charge in [0.25, 0.3) is 0 Å². The highest BCUT2D eigenvalue weighted by Crippen LogP contribution is 2.24. The Balaban J connectivity index is 2.39. The maximum atomic E-state index is 10.1. The van der Waals surface area contributed by atoms with E-state index in [4.69, 9.17) is 11.6 Å². The fraction of sp³-hybridized carbons (Fsp3) is 0.571. The number of hydrogen-bond acceptors (Lipinski definition) is 2. The van der Waals surface area contributed by atoms with Crippen LogP contribution in [0.4, 0.5) is 0 Å². The van der Waals surface area contributed by atoms with E-state index in [0.717, 1.165) is 25.1 Å². The smallest absolute Gasteiger partial charge is 0.0816 e. The Morgan fingerprint density at radius 3 is 2.65 bits per heavy atom. The van der Waals surface area contributed by atoms with E-state index in [9.17, 15) is 5.11 Å². The summed E-state index contributed by atoms with van der Waals surface area (Å²) in [6, 6.07) is 7.50. The Hall–Kier alpha value is -0.570. The predicted molar refractivity (Wildman–Crippen MR) is 73.4 cm³/mol. The Morgan fingerprint density at radius 2 is 2.00 bits per heavy atom. The molecule has 17 heavy (non-hydrogen) atoms. The maximum absolute atomic E-state index is 10.1. The molecule has 0 heterocycles. The highest BCUT2D eigenvalue weighted by molar-refractivity contribution is 6.31. The molecule has 2 nitrogen and oxygen atoms in total. The van der Waals surface area contributed by atoms with Crippen molar-refractivity contribution in [2.24, 2.45) is 0 Å². The molecule has 0 fully saturated rings. The van der Waals surface area contributed by atoms with Gasteiger partial charge in [0.05, 0.1) is 6.10 Å². The lowest BCUT2D eigenvalue weighted by Gasteiger charge is -2.19. The van der Waals surface area contributed by atoms with Crippen LogP contribution in [-0.4, -0.2) is 30.1 Å². The van der Waals surface area contributed by atoms with Crippen molar-refractivity contribution in [1.29, 1.82) is 0 Å². The van der Waals surface area contributed by atoms with Gasteiger partial charge in [-0.15, -0.1) is 0 Å². The zero-order chi connectivity index (χ0) is 12.7. The molecule has 0 saturated heterocycles. The summed E-state index contributed by atoms with van der Waals surface area (Å²) in [5, 5.41) is 10.7. The third kappa shape index (κ3) is 5.07. The summed E-state index contributed by atoms with van der Waals surface area (Å²) in [4.78, 5) is 2.25. The highest BCUT2D eigenvalue weighted by atomic mass is 35.5. The van der Waals surface area contributed by atoms with Crippen LogP contribution in [-0.2, 0) is 0 Å². The van der Waals surface area contributed by atoms with Crippen molar-refractivity contribution < 1.29 is 5.11 Å². The van der Waals surface area contributed by atoms with Crippen LogP contribution >= 0.6 is 11.6 Å². The largest absolute Gasteiger partial charge is 0.388 e. The van der Waals surface area contributed by atoms with Crippen molar-refractivity contribution in [3.8, 4) is 0 Å². The molecule has 0 aromatic heterocycles. The highest BCUT2D eigenvalue weighted by Gasteiger charge is 2.11. The van der Waals surface area contributed by atoms with E-state index in [2.05, 4.69) is 18.9 Å². The number of benzene rings is 1. The second-order valence-electron chi connectivity index (χ2n) is 4.48. The van der Waals surface area contributed by atoms with Crippen molar-refractivity contribution in [1.82, 2.24) is 4.90 Å². The van der Waals surface area contributed by atoms with Gasteiger partial charge in [-0.1, -0.05) is 43.1 Å². The van der Waals surface area contributed by atoms with Gasteiger partial charge in [-0.05, 0) is 38.1 Å². The molecular weight excluding hydrogens is 234 g/mol. The summed E-state index contributed by atoms with van der Waals surface area (Å²) < 4.78 is 0. The van der Waals surface area contributed by atoms with Crippen molar-refractivity contribution in [3.05, 3.63) is 34.9 Å². The molecule has 0 aliphatic heterocycles. The average Bonchev–Trinajstić information content (AvgIpc) is 2.34. The molecule has 0 radical (unpaired) electrons. The molecule has 3 heteroatoms. The predicted octanol–water partition coefficient (Wildman–Crippen LogP) is 3.50. The monoisotopic (exact) mass is 255 g/mol. The number of aliphatic hydroxyl groups excluding tert-OH is 1. The van der Waals surface area contributed by atoms with E-state index in [1.807, 2.05) is 24.3 Å². The van der Waals surface area contributed by atoms with Gasteiger partial charge in [0.1, 0.15) is 0 Å². The molecule has 0 amide bonds. The fourth-order valence-corrected chi connectivity index (χ4v) is 2.05. The first-order valence-corrected chi connectivity index (χ1v) is 6.64. The van der Waals surface area contributed by atoms with Gasteiger partial charge in [-0.2, -0.15) is 0 Å². The van der Waals surface area contributed by atoms with Crippen molar-refractivity contribution >= 4 is 11.6 Å². The van der Waals surface area contributed by atoms with Crippen LogP contribution < -0.4 is 0 Å². The number of unbranched alkanes of at least 4 members (excludes halogenated alkanes) is 1.